The summed E-state index contributed by atoms with van der Waals surface area (Å²) in [5.41, 5.74) is 0. The second-order valence-electron chi connectivity index (χ2n) is 5.15. The summed E-state index contributed by atoms with van der Waals surface area (Å²) < 4.78 is 0. The van der Waals surface area contributed by atoms with Gasteiger partial charge >= 0.3 is 0 Å². The molecule has 0 bridgehead atoms. The summed E-state index contributed by atoms with van der Waals surface area (Å²) >= 11 is 0. The Morgan fingerprint density at radius 3 is 2.43 bits per heavy atom. The van der Waals surface area contributed by atoms with E-state index in [4.69, 9.17) is 0 Å². The Labute approximate surface area is 89.7 Å². The minimum atomic E-state index is 0.806. The fraction of sp³-hybridized carbons (Fsp3) is 1.00. The third-order valence-corrected chi connectivity index (χ3v) is 3.96. The van der Waals surface area contributed by atoms with Crippen LogP contribution in [0.15, 0.2) is 0 Å². The highest BCUT2D eigenvalue weighted by molar-refractivity contribution is 4.84. The minimum absolute atomic E-state index is 0.806. The van der Waals surface area contributed by atoms with Gasteiger partial charge in [-0.1, -0.05) is 34.1 Å². The molecule has 0 amide bonds. The van der Waals surface area contributed by atoms with Gasteiger partial charge < -0.3 is 5.32 Å². The van der Waals surface area contributed by atoms with Gasteiger partial charge in [-0.05, 0) is 43.6 Å². The van der Waals surface area contributed by atoms with Crippen molar-refractivity contribution in [1.82, 2.24) is 5.32 Å². The summed E-state index contributed by atoms with van der Waals surface area (Å²) in [6.45, 7) is 10.5. The quantitative estimate of drug-likeness (QED) is 0.728. The van der Waals surface area contributed by atoms with Gasteiger partial charge in [0, 0.05) is 6.04 Å². The standard InChI is InChI=1S/C13H27N/c1-5-11-9-12(10(3)4)7-8-13(11)14-6-2/h10-14H,5-9H2,1-4H3. The van der Waals surface area contributed by atoms with E-state index < -0.39 is 0 Å². The maximum absolute atomic E-state index is 3.64. The Balaban J connectivity index is 2.46. The van der Waals surface area contributed by atoms with Gasteiger partial charge in [-0.15, -0.1) is 0 Å². The maximum Gasteiger partial charge on any atom is 0.00953 e. The molecular formula is C13H27N. The molecule has 1 N–H and O–H groups in total. The zero-order chi connectivity index (χ0) is 10.6. The van der Waals surface area contributed by atoms with E-state index in [9.17, 15) is 0 Å². The van der Waals surface area contributed by atoms with E-state index in [-0.39, 0.29) is 0 Å². The first-order valence-corrected chi connectivity index (χ1v) is 6.42. The molecule has 1 aliphatic rings. The predicted molar refractivity (Wildman–Crippen MR) is 63.4 cm³/mol. The summed E-state index contributed by atoms with van der Waals surface area (Å²) in [6, 6.07) is 0.806. The van der Waals surface area contributed by atoms with Crippen molar-refractivity contribution in [1.29, 1.82) is 0 Å². The van der Waals surface area contributed by atoms with E-state index in [1.807, 2.05) is 0 Å². The Morgan fingerprint density at radius 1 is 1.21 bits per heavy atom. The van der Waals surface area contributed by atoms with Gasteiger partial charge in [-0.3, -0.25) is 0 Å². The van der Waals surface area contributed by atoms with Gasteiger partial charge in [0.1, 0.15) is 0 Å². The molecule has 0 heterocycles. The monoisotopic (exact) mass is 197 g/mol. The number of hydrogen-bond acceptors (Lipinski definition) is 1. The van der Waals surface area contributed by atoms with E-state index in [0.717, 1.165) is 30.3 Å². The topological polar surface area (TPSA) is 12.0 Å². The fourth-order valence-electron chi connectivity index (χ4n) is 2.89. The molecule has 0 aliphatic heterocycles. The Kier molecular flexibility index (Phi) is 4.94. The highest BCUT2D eigenvalue weighted by atomic mass is 14.9. The average Bonchev–Trinajstić information content (AvgIpc) is 2.18. The van der Waals surface area contributed by atoms with Gasteiger partial charge in [-0.2, -0.15) is 0 Å². The first kappa shape index (κ1) is 12.0. The van der Waals surface area contributed by atoms with Gasteiger partial charge in [-0.25, -0.2) is 0 Å². The first-order chi connectivity index (χ1) is 6.69. The number of hydrogen-bond donors (Lipinski definition) is 1. The molecule has 1 aliphatic carbocycles. The van der Waals surface area contributed by atoms with Crippen molar-refractivity contribution in [3.05, 3.63) is 0 Å². The van der Waals surface area contributed by atoms with Crippen LogP contribution in [0.1, 0.15) is 53.4 Å². The summed E-state index contributed by atoms with van der Waals surface area (Å²) in [5.74, 6) is 2.79. The summed E-state index contributed by atoms with van der Waals surface area (Å²) in [6.07, 6.45) is 5.63. The average molecular weight is 197 g/mol. The lowest BCUT2D eigenvalue weighted by atomic mass is 9.73. The van der Waals surface area contributed by atoms with Crippen LogP contribution in [0.5, 0.6) is 0 Å². The molecule has 0 aromatic carbocycles. The SMILES string of the molecule is CCNC1CCC(C(C)C)CC1CC. The van der Waals surface area contributed by atoms with Crippen molar-refractivity contribution in [3.8, 4) is 0 Å². The minimum Gasteiger partial charge on any atom is -0.314 e. The summed E-state index contributed by atoms with van der Waals surface area (Å²) in [4.78, 5) is 0. The van der Waals surface area contributed by atoms with Gasteiger partial charge in [0.25, 0.3) is 0 Å². The van der Waals surface area contributed by atoms with Gasteiger partial charge in [0.05, 0.1) is 0 Å². The Hall–Kier alpha value is -0.0400. The van der Waals surface area contributed by atoms with Gasteiger partial charge in [0.2, 0.25) is 0 Å². The molecular weight excluding hydrogens is 170 g/mol. The highest BCUT2D eigenvalue weighted by Crippen LogP contribution is 2.35. The van der Waals surface area contributed by atoms with Crippen LogP contribution >= 0.6 is 0 Å². The lowest BCUT2D eigenvalue weighted by Crippen LogP contribution is -2.41. The molecule has 0 aromatic heterocycles. The van der Waals surface area contributed by atoms with E-state index in [1.54, 1.807) is 0 Å². The smallest absolute Gasteiger partial charge is 0.00953 e. The molecule has 1 fully saturated rings. The van der Waals surface area contributed by atoms with Crippen LogP contribution in [0.3, 0.4) is 0 Å². The van der Waals surface area contributed by atoms with Gasteiger partial charge in [0.15, 0.2) is 0 Å². The molecule has 3 atom stereocenters. The number of rotatable bonds is 4. The Morgan fingerprint density at radius 2 is 1.93 bits per heavy atom. The first-order valence-electron chi connectivity index (χ1n) is 6.42. The lowest BCUT2D eigenvalue weighted by Gasteiger charge is -2.38. The van der Waals surface area contributed by atoms with Crippen molar-refractivity contribution in [2.45, 2.75) is 59.4 Å². The van der Waals surface area contributed by atoms with Crippen LogP contribution in [0.2, 0.25) is 0 Å². The molecule has 14 heavy (non-hydrogen) atoms. The maximum atomic E-state index is 3.64. The Bertz CT molecular complexity index is 153. The van der Waals surface area contributed by atoms with Crippen LogP contribution in [-0.2, 0) is 0 Å². The third kappa shape index (κ3) is 2.98. The molecule has 1 rings (SSSR count). The third-order valence-electron chi connectivity index (χ3n) is 3.96. The second-order valence-corrected chi connectivity index (χ2v) is 5.15. The van der Waals surface area contributed by atoms with Crippen molar-refractivity contribution < 1.29 is 0 Å². The van der Waals surface area contributed by atoms with Crippen LogP contribution in [-0.4, -0.2) is 12.6 Å². The molecule has 1 saturated carbocycles. The predicted octanol–water partition coefficient (Wildman–Crippen LogP) is 3.45. The molecule has 1 nitrogen and oxygen atoms in total. The molecule has 0 saturated heterocycles. The molecule has 3 unspecified atom stereocenters. The van der Waals surface area contributed by atoms with E-state index in [1.165, 1.54) is 25.7 Å². The molecule has 0 spiro atoms. The summed E-state index contributed by atoms with van der Waals surface area (Å²) in [7, 11) is 0. The molecule has 0 radical (unpaired) electrons. The largest absolute Gasteiger partial charge is 0.314 e. The number of nitrogens with one attached hydrogen (secondary N) is 1. The van der Waals surface area contributed by atoms with Crippen LogP contribution < -0.4 is 5.32 Å². The van der Waals surface area contributed by atoms with E-state index in [0.29, 0.717) is 0 Å². The van der Waals surface area contributed by atoms with Crippen molar-refractivity contribution in [2.24, 2.45) is 17.8 Å². The normalized spacial score (nSPS) is 33.6. The van der Waals surface area contributed by atoms with Crippen LogP contribution in [0.4, 0.5) is 0 Å². The molecule has 84 valence electrons. The lowest BCUT2D eigenvalue weighted by molar-refractivity contribution is 0.166. The molecule has 1 heteroatoms. The van der Waals surface area contributed by atoms with Crippen molar-refractivity contribution >= 4 is 0 Å². The van der Waals surface area contributed by atoms with Crippen molar-refractivity contribution in [3.63, 3.8) is 0 Å². The van der Waals surface area contributed by atoms with E-state index in [2.05, 4.69) is 33.0 Å². The van der Waals surface area contributed by atoms with Crippen LogP contribution in [0.25, 0.3) is 0 Å². The van der Waals surface area contributed by atoms with Crippen LogP contribution in [0, 0.1) is 17.8 Å². The summed E-state index contributed by atoms with van der Waals surface area (Å²) in [5, 5.41) is 3.64. The second kappa shape index (κ2) is 5.75. The highest BCUT2D eigenvalue weighted by Gasteiger charge is 2.29. The van der Waals surface area contributed by atoms with E-state index >= 15 is 0 Å². The fourth-order valence-corrected chi connectivity index (χ4v) is 2.89. The zero-order valence-electron chi connectivity index (χ0n) is 10.3. The zero-order valence-corrected chi connectivity index (χ0v) is 10.3. The van der Waals surface area contributed by atoms with Crippen molar-refractivity contribution in [2.75, 3.05) is 6.54 Å². The molecule has 0 aromatic rings.